The Morgan fingerprint density at radius 2 is 1.72 bits per heavy atom. The lowest BCUT2D eigenvalue weighted by Gasteiger charge is -2.13. The monoisotopic (exact) mass is 690 g/mol. The number of hydrogen-bond donors (Lipinski definition) is 2. The number of carbonyl (C=O) groups is 2. The average Bonchev–Trinajstić information content (AvgIpc) is 3.55. The van der Waals surface area contributed by atoms with Crippen LogP contribution < -0.4 is 4.74 Å². The van der Waals surface area contributed by atoms with Crippen LogP contribution in [0.1, 0.15) is 53.6 Å². The standard InChI is InChI=1S/C35H40N4O4.C3H4F2O2/c1-24-32-29-15-9-14-27-28(16-10-22-43-31-17-8-12-25-11-4-5-13-26(25)31)34(35(40)41)38(33(27)29)18-6-7-21-42-23-30(32)36-39(24)20-19-37(2)3;1-3(4,5)2(6)7/h4-5,8-9,11-15,17H,6-7,10,16,18-23H2,1-3H3,(H,40,41);1H3,(H,6,7). The fourth-order valence-electron chi connectivity index (χ4n) is 6.37. The second-order valence-electron chi connectivity index (χ2n) is 12.8. The molecule has 0 saturated heterocycles. The predicted molar refractivity (Wildman–Crippen MR) is 188 cm³/mol. The molecule has 0 saturated carbocycles. The lowest BCUT2D eigenvalue weighted by Crippen LogP contribution is -2.22. The van der Waals surface area contributed by atoms with E-state index < -0.39 is 17.9 Å². The fourth-order valence-corrected chi connectivity index (χ4v) is 6.37. The van der Waals surface area contributed by atoms with E-state index >= 15 is 0 Å². The molecule has 0 radical (unpaired) electrons. The van der Waals surface area contributed by atoms with Gasteiger partial charge in [-0.3, -0.25) is 4.68 Å². The van der Waals surface area contributed by atoms with Crippen molar-refractivity contribution in [2.75, 3.05) is 33.9 Å². The van der Waals surface area contributed by atoms with Crippen molar-refractivity contribution in [2.24, 2.45) is 0 Å². The minimum Gasteiger partial charge on any atom is -0.493 e. The molecule has 0 bridgehead atoms. The van der Waals surface area contributed by atoms with Crippen molar-refractivity contribution in [3.63, 3.8) is 0 Å². The molecule has 0 atom stereocenters. The summed E-state index contributed by atoms with van der Waals surface area (Å²) in [6.07, 6.45) is 3.00. The Morgan fingerprint density at radius 1 is 1.02 bits per heavy atom. The summed E-state index contributed by atoms with van der Waals surface area (Å²) in [7, 11) is 4.12. The van der Waals surface area contributed by atoms with E-state index in [0.29, 0.717) is 51.8 Å². The van der Waals surface area contributed by atoms with Gasteiger partial charge in [-0.2, -0.15) is 13.9 Å². The second kappa shape index (κ2) is 15.8. The quantitative estimate of drug-likeness (QED) is 0.147. The van der Waals surface area contributed by atoms with E-state index in [4.69, 9.17) is 19.7 Å². The topological polar surface area (TPSA) is 119 Å². The first-order chi connectivity index (χ1) is 23.9. The van der Waals surface area contributed by atoms with Crippen molar-refractivity contribution < 1.29 is 38.1 Å². The number of para-hydroxylation sites is 1. The Bertz CT molecular complexity index is 1970. The minimum atomic E-state index is -3.58. The summed E-state index contributed by atoms with van der Waals surface area (Å²) in [5.41, 5.74) is 6.27. The molecule has 3 aromatic carbocycles. The van der Waals surface area contributed by atoms with Crippen LogP contribution in [0, 0.1) is 6.92 Å². The van der Waals surface area contributed by atoms with E-state index in [0.717, 1.165) is 81.4 Å². The van der Waals surface area contributed by atoms with Gasteiger partial charge in [0.05, 0.1) is 31.0 Å². The third-order valence-corrected chi connectivity index (χ3v) is 8.81. The van der Waals surface area contributed by atoms with E-state index in [9.17, 15) is 23.5 Å². The van der Waals surface area contributed by atoms with Crippen LogP contribution in [0.25, 0.3) is 32.8 Å². The first-order valence-corrected chi connectivity index (χ1v) is 16.8. The molecule has 266 valence electrons. The van der Waals surface area contributed by atoms with Gasteiger partial charge >= 0.3 is 17.9 Å². The lowest BCUT2D eigenvalue weighted by atomic mass is 9.98. The van der Waals surface area contributed by atoms with Crippen LogP contribution in [0.3, 0.4) is 0 Å². The van der Waals surface area contributed by atoms with Gasteiger partial charge in [-0.25, -0.2) is 9.59 Å². The van der Waals surface area contributed by atoms with Gasteiger partial charge in [-0.1, -0.05) is 54.6 Å². The number of aryl methyl sites for hydroxylation is 2. The van der Waals surface area contributed by atoms with Crippen LogP contribution in [-0.4, -0.2) is 81.2 Å². The number of fused-ring (bicyclic) bond motifs is 3. The highest BCUT2D eigenvalue weighted by molar-refractivity contribution is 6.04. The van der Waals surface area contributed by atoms with Crippen LogP contribution in [0.4, 0.5) is 8.78 Å². The van der Waals surface area contributed by atoms with E-state index in [1.54, 1.807) is 0 Å². The first-order valence-electron chi connectivity index (χ1n) is 16.8. The number of likely N-dealkylation sites (N-methyl/N-ethyl adjacent to an activating group) is 1. The van der Waals surface area contributed by atoms with Gasteiger partial charge in [-0.05, 0) is 63.7 Å². The Labute approximate surface area is 289 Å². The first kappa shape index (κ1) is 36.5. The van der Waals surface area contributed by atoms with E-state index in [1.807, 2.05) is 34.9 Å². The van der Waals surface area contributed by atoms with Gasteiger partial charge in [0, 0.05) is 54.2 Å². The van der Waals surface area contributed by atoms with Crippen LogP contribution in [0.2, 0.25) is 0 Å². The number of aliphatic carboxylic acids is 1. The highest BCUT2D eigenvalue weighted by Crippen LogP contribution is 2.39. The fraction of sp³-hybridized carbons (Fsp3) is 0.395. The summed E-state index contributed by atoms with van der Waals surface area (Å²) in [6, 6.07) is 20.5. The van der Waals surface area contributed by atoms with E-state index in [2.05, 4.69) is 60.9 Å². The summed E-state index contributed by atoms with van der Waals surface area (Å²) in [4.78, 5) is 24.3. The number of alkyl halides is 2. The number of benzene rings is 3. The van der Waals surface area contributed by atoms with Crippen molar-refractivity contribution >= 4 is 33.6 Å². The summed E-state index contributed by atoms with van der Waals surface area (Å²) in [5, 5.41) is 26.3. The molecule has 2 N–H and O–H groups in total. The largest absolute Gasteiger partial charge is 0.493 e. The summed E-state index contributed by atoms with van der Waals surface area (Å²) in [6.45, 7) is 6.25. The summed E-state index contributed by atoms with van der Waals surface area (Å²) < 4.78 is 38.9. The zero-order valence-corrected chi connectivity index (χ0v) is 28.9. The molecule has 50 heavy (non-hydrogen) atoms. The maximum absolute atomic E-state index is 12.9. The van der Waals surface area contributed by atoms with E-state index in [1.165, 1.54) is 0 Å². The number of rotatable bonds is 10. The van der Waals surface area contributed by atoms with Crippen LogP contribution in [-0.2, 0) is 35.6 Å². The third kappa shape index (κ3) is 8.14. The number of carboxylic acid groups (broad SMARTS) is 2. The Morgan fingerprint density at radius 3 is 2.44 bits per heavy atom. The summed E-state index contributed by atoms with van der Waals surface area (Å²) >= 11 is 0. The van der Waals surface area contributed by atoms with Gasteiger partial charge < -0.3 is 29.2 Å². The van der Waals surface area contributed by atoms with Gasteiger partial charge in [0.15, 0.2) is 0 Å². The highest BCUT2D eigenvalue weighted by Gasteiger charge is 2.31. The highest BCUT2D eigenvalue weighted by atomic mass is 19.3. The molecule has 0 amide bonds. The lowest BCUT2D eigenvalue weighted by molar-refractivity contribution is -0.161. The molecule has 2 aromatic heterocycles. The minimum absolute atomic E-state index is 0.329. The molecule has 0 aliphatic carbocycles. The van der Waals surface area contributed by atoms with Crippen molar-refractivity contribution in [1.82, 2.24) is 19.2 Å². The SMILES string of the molecule is CC(F)(F)C(=O)O.Cc1c2c(nn1CCN(C)C)COCCCCn1c(C(=O)O)c(CCCOc3cccc4ccccc34)c3cccc-2c31. The molecule has 0 unspecified atom stereocenters. The number of halogens is 2. The number of aromatic nitrogens is 3. The molecule has 1 aliphatic rings. The molecule has 12 heteroatoms. The Balaban J connectivity index is 0.000000630. The molecule has 5 aromatic rings. The van der Waals surface area contributed by atoms with E-state index in [-0.39, 0.29) is 0 Å². The van der Waals surface area contributed by atoms with Gasteiger partial charge in [0.1, 0.15) is 11.4 Å². The van der Waals surface area contributed by atoms with Crippen LogP contribution in [0.5, 0.6) is 5.75 Å². The second-order valence-corrected chi connectivity index (χ2v) is 12.8. The molecular formula is C38H44F2N4O6. The number of carboxylic acids is 2. The molecule has 0 spiro atoms. The number of ether oxygens (including phenoxy) is 2. The molecule has 6 rings (SSSR count). The maximum atomic E-state index is 12.9. The smallest absolute Gasteiger partial charge is 0.374 e. The van der Waals surface area contributed by atoms with Crippen LogP contribution >= 0.6 is 0 Å². The Hall–Kier alpha value is -4.81. The van der Waals surface area contributed by atoms with Crippen molar-refractivity contribution in [3.05, 3.63) is 83.3 Å². The van der Waals surface area contributed by atoms with Gasteiger partial charge in [0.2, 0.25) is 0 Å². The maximum Gasteiger partial charge on any atom is 0.374 e. The zero-order valence-electron chi connectivity index (χ0n) is 28.9. The third-order valence-electron chi connectivity index (χ3n) is 8.81. The average molecular weight is 691 g/mol. The van der Waals surface area contributed by atoms with Crippen molar-refractivity contribution in [2.45, 2.75) is 65.1 Å². The number of nitrogens with zero attached hydrogens (tertiary/aromatic N) is 4. The predicted octanol–water partition coefficient (Wildman–Crippen LogP) is 7.27. The number of hydrogen-bond acceptors (Lipinski definition) is 6. The van der Waals surface area contributed by atoms with Crippen molar-refractivity contribution in [3.8, 4) is 16.9 Å². The molecule has 10 nitrogen and oxygen atoms in total. The van der Waals surface area contributed by atoms with Gasteiger partial charge in [-0.15, -0.1) is 0 Å². The molecular weight excluding hydrogens is 646 g/mol. The molecule has 1 aliphatic heterocycles. The normalized spacial score (nSPS) is 13.4. The Kier molecular flexibility index (Phi) is 11.5. The molecule has 3 heterocycles. The van der Waals surface area contributed by atoms with Crippen LogP contribution in [0.15, 0.2) is 60.7 Å². The van der Waals surface area contributed by atoms with Gasteiger partial charge in [0.25, 0.3) is 0 Å². The molecule has 0 fully saturated rings. The zero-order chi connectivity index (χ0) is 36.0. The number of aromatic carboxylic acids is 1. The van der Waals surface area contributed by atoms with Crippen molar-refractivity contribution in [1.29, 1.82) is 0 Å². The summed E-state index contributed by atoms with van der Waals surface area (Å²) in [5.74, 6) is -5.71.